The third-order valence-corrected chi connectivity index (χ3v) is 7.28. The van der Waals surface area contributed by atoms with Gasteiger partial charge in [0.05, 0.1) is 12.5 Å². The molecule has 2 saturated heterocycles. The molecule has 2 aliphatic heterocycles. The van der Waals surface area contributed by atoms with E-state index in [1.807, 2.05) is 42.1 Å². The maximum Gasteiger partial charge on any atom is 0.240 e. The third kappa shape index (κ3) is 5.22. The standard InChI is InChI=1S/C27H34N4O4/c1-29(2)15-16-31-25(33)19-27(26(31)34,22-5-4-6-23(17-22)35-3)18-24(32)30-13-9-21(10-14-30)20-7-11-28-12-8-20/h4-8,11-12,17,21H,9-10,13-16,18-19H2,1-3H3/t27-/m1/s1. The van der Waals surface area contributed by atoms with Gasteiger partial charge in [-0.05, 0) is 68.2 Å². The number of aromatic nitrogens is 1. The molecule has 186 valence electrons. The zero-order valence-electron chi connectivity index (χ0n) is 20.8. The summed E-state index contributed by atoms with van der Waals surface area (Å²) < 4.78 is 5.39. The van der Waals surface area contributed by atoms with E-state index in [-0.39, 0.29) is 30.6 Å². The Morgan fingerprint density at radius 2 is 1.86 bits per heavy atom. The molecule has 2 aliphatic rings. The van der Waals surface area contributed by atoms with Crippen LogP contribution in [0.15, 0.2) is 48.8 Å². The van der Waals surface area contributed by atoms with Crippen LogP contribution in [-0.2, 0) is 19.8 Å². The normalized spacial score (nSPS) is 21.1. The zero-order valence-corrected chi connectivity index (χ0v) is 20.8. The first kappa shape index (κ1) is 24.9. The third-order valence-electron chi connectivity index (χ3n) is 7.28. The first-order valence-corrected chi connectivity index (χ1v) is 12.2. The van der Waals surface area contributed by atoms with Crippen molar-refractivity contribution in [2.75, 3.05) is 47.4 Å². The average Bonchev–Trinajstić information content (AvgIpc) is 3.12. The van der Waals surface area contributed by atoms with Gasteiger partial charge in [-0.15, -0.1) is 0 Å². The SMILES string of the molecule is COc1cccc([C@@]2(CC(=O)N3CCC(c4ccncc4)CC3)CC(=O)N(CCN(C)C)C2=O)c1. The first-order chi connectivity index (χ1) is 16.8. The van der Waals surface area contributed by atoms with Crippen molar-refractivity contribution >= 4 is 17.7 Å². The number of hydrogen-bond acceptors (Lipinski definition) is 6. The molecule has 35 heavy (non-hydrogen) atoms. The van der Waals surface area contributed by atoms with Crippen molar-refractivity contribution in [3.05, 3.63) is 59.9 Å². The Morgan fingerprint density at radius 1 is 1.14 bits per heavy atom. The number of ether oxygens (including phenoxy) is 1. The number of benzene rings is 1. The molecule has 1 atom stereocenters. The number of amides is 3. The van der Waals surface area contributed by atoms with Crippen molar-refractivity contribution in [2.45, 2.75) is 37.0 Å². The smallest absolute Gasteiger partial charge is 0.240 e. The fourth-order valence-corrected chi connectivity index (χ4v) is 5.18. The number of rotatable bonds is 8. The van der Waals surface area contributed by atoms with Crippen LogP contribution < -0.4 is 4.74 Å². The molecule has 0 unspecified atom stereocenters. The van der Waals surface area contributed by atoms with Gasteiger partial charge in [-0.1, -0.05) is 12.1 Å². The molecular weight excluding hydrogens is 444 g/mol. The fourth-order valence-electron chi connectivity index (χ4n) is 5.18. The fraction of sp³-hybridized carbons (Fsp3) is 0.481. The van der Waals surface area contributed by atoms with Crippen LogP contribution in [0.1, 0.15) is 42.7 Å². The summed E-state index contributed by atoms with van der Waals surface area (Å²) in [6.07, 6.45) is 5.30. The van der Waals surface area contributed by atoms with Crippen molar-refractivity contribution in [2.24, 2.45) is 0 Å². The Labute approximate surface area is 206 Å². The minimum atomic E-state index is -1.21. The lowest BCUT2D eigenvalue weighted by molar-refractivity contribution is -0.143. The van der Waals surface area contributed by atoms with Crippen molar-refractivity contribution < 1.29 is 19.1 Å². The largest absolute Gasteiger partial charge is 0.497 e. The summed E-state index contributed by atoms with van der Waals surface area (Å²) in [5, 5.41) is 0. The molecule has 0 bridgehead atoms. The molecule has 3 heterocycles. The second kappa shape index (κ2) is 10.6. The Balaban J connectivity index is 1.55. The Morgan fingerprint density at radius 3 is 2.51 bits per heavy atom. The highest BCUT2D eigenvalue weighted by Crippen LogP contribution is 2.42. The average molecular weight is 479 g/mol. The summed E-state index contributed by atoms with van der Waals surface area (Å²) in [4.78, 5) is 49.5. The van der Waals surface area contributed by atoms with Crippen molar-refractivity contribution in [1.29, 1.82) is 0 Å². The van der Waals surface area contributed by atoms with E-state index in [1.54, 1.807) is 37.7 Å². The van der Waals surface area contributed by atoms with Gasteiger partial charge in [0.25, 0.3) is 0 Å². The predicted molar refractivity (Wildman–Crippen MR) is 132 cm³/mol. The molecule has 0 radical (unpaired) electrons. The van der Waals surface area contributed by atoms with E-state index < -0.39 is 5.41 Å². The van der Waals surface area contributed by atoms with Crippen LogP contribution in [0.4, 0.5) is 0 Å². The first-order valence-electron chi connectivity index (χ1n) is 12.2. The van der Waals surface area contributed by atoms with Gasteiger partial charge in [-0.3, -0.25) is 24.3 Å². The van der Waals surface area contributed by atoms with Gasteiger partial charge in [0.15, 0.2) is 0 Å². The summed E-state index contributed by atoms with van der Waals surface area (Å²) >= 11 is 0. The molecule has 2 fully saturated rings. The van der Waals surface area contributed by atoms with Crippen molar-refractivity contribution in [1.82, 2.24) is 19.7 Å². The number of likely N-dealkylation sites (N-methyl/N-ethyl adjacent to an activating group) is 1. The molecule has 0 aliphatic carbocycles. The van der Waals surface area contributed by atoms with Gasteiger partial charge < -0.3 is 14.5 Å². The zero-order chi connectivity index (χ0) is 25.0. The van der Waals surface area contributed by atoms with Crippen LogP contribution >= 0.6 is 0 Å². The van der Waals surface area contributed by atoms with Crippen LogP contribution in [0.2, 0.25) is 0 Å². The highest BCUT2D eigenvalue weighted by atomic mass is 16.5. The van der Waals surface area contributed by atoms with Crippen LogP contribution in [0.25, 0.3) is 0 Å². The highest BCUT2D eigenvalue weighted by Gasteiger charge is 2.54. The van der Waals surface area contributed by atoms with Gasteiger partial charge in [-0.2, -0.15) is 0 Å². The van der Waals surface area contributed by atoms with E-state index in [0.717, 1.165) is 12.8 Å². The Kier molecular flexibility index (Phi) is 7.50. The number of piperidine rings is 1. The van der Waals surface area contributed by atoms with Gasteiger partial charge in [0.1, 0.15) is 5.75 Å². The number of imide groups is 1. The van der Waals surface area contributed by atoms with Crippen LogP contribution in [-0.4, -0.2) is 84.8 Å². The lowest BCUT2D eigenvalue weighted by atomic mass is 9.75. The van der Waals surface area contributed by atoms with Crippen molar-refractivity contribution in [3.8, 4) is 5.75 Å². The molecule has 2 aromatic rings. The van der Waals surface area contributed by atoms with E-state index >= 15 is 0 Å². The summed E-state index contributed by atoms with van der Waals surface area (Å²) in [6.45, 7) is 2.14. The lowest BCUT2D eigenvalue weighted by Gasteiger charge is -2.35. The molecule has 8 heteroatoms. The minimum absolute atomic E-state index is 0.00828. The molecule has 0 spiro atoms. The highest BCUT2D eigenvalue weighted by molar-refractivity contribution is 6.10. The van der Waals surface area contributed by atoms with Crippen LogP contribution in [0, 0.1) is 0 Å². The molecule has 1 aromatic heterocycles. The van der Waals surface area contributed by atoms with E-state index in [1.165, 1.54) is 10.5 Å². The predicted octanol–water partition coefficient (Wildman–Crippen LogP) is 2.44. The number of pyridine rings is 1. The van der Waals surface area contributed by atoms with Crippen molar-refractivity contribution in [3.63, 3.8) is 0 Å². The Bertz CT molecular complexity index is 1070. The Hall–Kier alpha value is -3.26. The molecule has 3 amide bonds. The number of likely N-dealkylation sites (tertiary alicyclic amines) is 2. The maximum absolute atomic E-state index is 13.8. The molecule has 0 N–H and O–H groups in total. The topological polar surface area (TPSA) is 83.1 Å². The number of methoxy groups -OCH3 is 1. The monoisotopic (exact) mass is 478 g/mol. The summed E-state index contributed by atoms with van der Waals surface area (Å²) in [7, 11) is 5.37. The molecule has 0 saturated carbocycles. The minimum Gasteiger partial charge on any atom is -0.497 e. The number of carbonyl (C=O) groups is 3. The molecular formula is C27H34N4O4. The maximum atomic E-state index is 13.8. The summed E-state index contributed by atoms with van der Waals surface area (Å²) in [6, 6.07) is 11.3. The van der Waals surface area contributed by atoms with E-state index in [0.29, 0.717) is 43.4 Å². The van der Waals surface area contributed by atoms with Gasteiger partial charge >= 0.3 is 0 Å². The van der Waals surface area contributed by atoms with Crippen LogP contribution in [0.5, 0.6) is 5.75 Å². The van der Waals surface area contributed by atoms with E-state index in [2.05, 4.69) is 4.98 Å². The molecule has 8 nitrogen and oxygen atoms in total. The quantitative estimate of drug-likeness (QED) is 0.542. The molecule has 4 rings (SSSR count). The summed E-state index contributed by atoms with van der Waals surface area (Å²) in [5.41, 5.74) is 0.687. The van der Waals surface area contributed by atoms with E-state index in [4.69, 9.17) is 4.74 Å². The summed E-state index contributed by atoms with van der Waals surface area (Å²) in [5.74, 6) is 0.378. The molecule has 1 aromatic carbocycles. The van der Waals surface area contributed by atoms with E-state index in [9.17, 15) is 14.4 Å². The second-order valence-electron chi connectivity index (χ2n) is 9.76. The van der Waals surface area contributed by atoms with Gasteiger partial charge in [0.2, 0.25) is 17.7 Å². The number of nitrogens with zero attached hydrogens (tertiary/aromatic N) is 4. The van der Waals surface area contributed by atoms with Crippen LogP contribution in [0.3, 0.4) is 0 Å². The van der Waals surface area contributed by atoms with Gasteiger partial charge in [-0.25, -0.2) is 0 Å². The number of carbonyl (C=O) groups excluding carboxylic acids is 3. The second-order valence-corrected chi connectivity index (χ2v) is 9.76. The number of hydrogen-bond donors (Lipinski definition) is 0. The van der Waals surface area contributed by atoms with Gasteiger partial charge in [0, 0.05) is 51.4 Å². The lowest BCUT2D eigenvalue weighted by Crippen LogP contribution is -2.46.